The summed E-state index contributed by atoms with van der Waals surface area (Å²) in [5.74, 6) is 0.835. The van der Waals surface area contributed by atoms with E-state index in [4.69, 9.17) is 21.3 Å². The molecule has 2 atom stereocenters. The molecule has 1 aromatic heterocycles. The van der Waals surface area contributed by atoms with Crippen molar-refractivity contribution in [1.82, 2.24) is 14.4 Å². The molecule has 4 heterocycles. The van der Waals surface area contributed by atoms with E-state index in [0.29, 0.717) is 23.4 Å². The monoisotopic (exact) mass is 428 g/mol. The number of aryl methyl sites for hydroxylation is 1. The number of likely N-dealkylation sites (N-methyl/N-ethyl adjacent to an activating group) is 1. The van der Waals surface area contributed by atoms with Gasteiger partial charge in [-0.25, -0.2) is 13.9 Å². The Bertz CT molecular complexity index is 1070. The molecule has 3 amide bonds. The molecule has 5 rings (SSSR count). The summed E-state index contributed by atoms with van der Waals surface area (Å²) < 4.78 is 9.72. The maximum Gasteiger partial charge on any atom is 0.402 e. The second kappa shape index (κ2) is 7.21. The molecule has 0 N–H and O–H groups in total. The summed E-state index contributed by atoms with van der Waals surface area (Å²) in [7, 11) is 1.66. The molecule has 0 bridgehead atoms. The minimum atomic E-state index is -0.658. The summed E-state index contributed by atoms with van der Waals surface area (Å²) in [6, 6.07) is 6.18. The van der Waals surface area contributed by atoms with Gasteiger partial charge in [0.2, 0.25) is 11.9 Å². The number of carbonyl (C=O) groups excluding carboxylic acids is 2. The third-order valence-corrected chi connectivity index (χ3v) is 6.39. The fraction of sp³-hybridized carbons (Fsp3) is 0.429. The third kappa shape index (κ3) is 2.94. The lowest BCUT2D eigenvalue weighted by Gasteiger charge is -2.33. The summed E-state index contributed by atoms with van der Waals surface area (Å²) in [4.78, 5) is 33.8. The van der Waals surface area contributed by atoms with Gasteiger partial charge in [-0.15, -0.1) is 0 Å². The highest BCUT2D eigenvalue weighted by Crippen LogP contribution is 2.31. The maximum absolute atomic E-state index is 13.4. The van der Waals surface area contributed by atoms with E-state index >= 15 is 0 Å². The largest absolute Gasteiger partial charge is 0.402 e. The summed E-state index contributed by atoms with van der Waals surface area (Å²) >= 11 is 6.27. The van der Waals surface area contributed by atoms with E-state index in [0.717, 1.165) is 30.7 Å². The maximum atomic E-state index is 13.4. The van der Waals surface area contributed by atoms with Gasteiger partial charge in [-0.3, -0.25) is 14.6 Å². The summed E-state index contributed by atoms with van der Waals surface area (Å²) in [6.45, 7) is 3.59. The molecule has 3 aliphatic heterocycles. The van der Waals surface area contributed by atoms with Crippen LogP contribution < -0.4 is 4.57 Å². The Balaban J connectivity index is 1.49. The van der Waals surface area contributed by atoms with Gasteiger partial charge in [0, 0.05) is 18.7 Å². The van der Waals surface area contributed by atoms with Crippen LogP contribution in [-0.4, -0.2) is 51.9 Å². The van der Waals surface area contributed by atoms with Crippen LogP contribution in [0, 0.1) is 6.92 Å². The van der Waals surface area contributed by atoms with Crippen molar-refractivity contribution in [2.24, 2.45) is 4.99 Å². The van der Waals surface area contributed by atoms with Crippen molar-refractivity contribution < 1.29 is 18.9 Å². The molecule has 3 aliphatic rings. The molecule has 0 spiro atoms. The molecule has 1 aromatic carbocycles. The lowest BCUT2D eigenvalue weighted by molar-refractivity contribution is -0.677. The number of ether oxygens (including phenoxy) is 1. The number of halogens is 1. The molecule has 2 unspecified atom stereocenters. The zero-order chi connectivity index (χ0) is 21.0. The highest BCUT2D eigenvalue weighted by Gasteiger charge is 2.53. The van der Waals surface area contributed by atoms with Crippen LogP contribution in [0.3, 0.4) is 0 Å². The fourth-order valence-corrected chi connectivity index (χ4v) is 4.59. The van der Waals surface area contributed by atoms with Gasteiger partial charge in [0.05, 0.1) is 19.2 Å². The predicted octanol–water partition coefficient (Wildman–Crippen LogP) is 2.60. The molecule has 0 saturated carbocycles. The Morgan fingerprint density at radius 1 is 1.30 bits per heavy atom. The molecule has 0 radical (unpaired) electrons. The van der Waals surface area contributed by atoms with Crippen molar-refractivity contribution in [2.75, 3.05) is 13.7 Å². The van der Waals surface area contributed by atoms with Gasteiger partial charge >= 0.3 is 12.0 Å². The molecule has 156 valence electrons. The zero-order valence-electron chi connectivity index (χ0n) is 16.9. The number of nitrogens with zero attached hydrogens (tertiary/aromatic N) is 5. The number of amidine groups is 1. The molecule has 2 fully saturated rings. The second-order valence-corrected chi connectivity index (χ2v) is 8.36. The van der Waals surface area contributed by atoms with Gasteiger partial charge < -0.3 is 4.74 Å². The number of hydrogen-bond donors (Lipinski definition) is 0. The number of hydrogen-bond acceptors (Lipinski definition) is 4. The first-order valence-electron chi connectivity index (χ1n) is 10.1. The van der Waals surface area contributed by atoms with E-state index < -0.39 is 12.1 Å². The summed E-state index contributed by atoms with van der Waals surface area (Å²) in [5, 5.41) is 0.526. The van der Waals surface area contributed by atoms with Gasteiger partial charge in [-0.2, -0.15) is 0 Å². The highest BCUT2D eigenvalue weighted by atomic mass is 35.5. The topological polar surface area (TPSA) is 71.0 Å². The first kappa shape index (κ1) is 19.3. The number of urea groups is 1. The lowest BCUT2D eigenvalue weighted by Crippen LogP contribution is -2.62. The number of aliphatic imine (C=N–C) groups is 1. The number of fused-ring (bicyclic) bond motifs is 3. The molecule has 9 heteroatoms. The molecule has 2 saturated heterocycles. The minimum absolute atomic E-state index is 0.122. The Labute approximate surface area is 179 Å². The lowest BCUT2D eigenvalue weighted by atomic mass is 10.1. The van der Waals surface area contributed by atoms with E-state index in [1.165, 1.54) is 9.80 Å². The van der Waals surface area contributed by atoms with Crippen molar-refractivity contribution in [3.63, 3.8) is 0 Å². The number of aromatic nitrogens is 2. The van der Waals surface area contributed by atoms with Crippen LogP contribution in [0.5, 0.6) is 0 Å². The Kier molecular flexibility index (Phi) is 4.63. The van der Waals surface area contributed by atoms with Gasteiger partial charge in [-0.1, -0.05) is 34.8 Å². The first-order valence-corrected chi connectivity index (χ1v) is 10.5. The van der Waals surface area contributed by atoms with E-state index in [1.54, 1.807) is 13.1 Å². The van der Waals surface area contributed by atoms with Gasteiger partial charge in [-0.05, 0) is 31.4 Å². The molecular weight excluding hydrogens is 406 g/mol. The van der Waals surface area contributed by atoms with Crippen molar-refractivity contribution in [3.8, 4) is 0 Å². The van der Waals surface area contributed by atoms with E-state index in [-0.39, 0.29) is 18.6 Å². The average Bonchev–Trinajstić information content (AvgIpc) is 3.43. The number of rotatable bonds is 4. The van der Waals surface area contributed by atoms with E-state index in [9.17, 15) is 9.59 Å². The number of imidazole rings is 1. The number of benzene rings is 1. The van der Waals surface area contributed by atoms with Crippen molar-refractivity contribution in [2.45, 2.75) is 45.0 Å². The van der Waals surface area contributed by atoms with Crippen molar-refractivity contribution >= 4 is 35.3 Å². The highest BCUT2D eigenvalue weighted by molar-refractivity contribution is 6.31. The number of amides is 3. The standard InChI is InChI=1S/C21H23ClN5O3/c1-13-10-26-17-18(23-20(26)25(13)12-15-7-5-9-30-15)24(2)21(29)27(19(17)28)11-14-6-3-4-8-16(14)22/h3-4,6,8,10,15,17H,5,7,9,11-12H2,1-2H3/q+1. The third-order valence-electron chi connectivity index (χ3n) is 6.02. The molecule has 30 heavy (non-hydrogen) atoms. The first-order chi connectivity index (χ1) is 14.5. The summed E-state index contributed by atoms with van der Waals surface area (Å²) in [6.07, 6.45) is 4.15. The van der Waals surface area contributed by atoms with Crippen LogP contribution >= 0.6 is 11.6 Å². The van der Waals surface area contributed by atoms with Gasteiger partial charge in [0.25, 0.3) is 5.91 Å². The van der Waals surface area contributed by atoms with Crippen LogP contribution in [0.1, 0.15) is 30.1 Å². The van der Waals surface area contributed by atoms with Crippen LogP contribution in [0.15, 0.2) is 35.5 Å². The van der Waals surface area contributed by atoms with Crippen LogP contribution in [0.2, 0.25) is 5.02 Å². The van der Waals surface area contributed by atoms with Gasteiger partial charge in [0.15, 0.2) is 0 Å². The molecule has 2 aromatic rings. The van der Waals surface area contributed by atoms with Gasteiger partial charge in [0.1, 0.15) is 11.9 Å². The zero-order valence-corrected chi connectivity index (χ0v) is 17.7. The predicted molar refractivity (Wildman–Crippen MR) is 110 cm³/mol. The molecule has 8 nitrogen and oxygen atoms in total. The number of imide groups is 1. The SMILES string of the molecule is Cc1c[n+]2c(n1CC1CCCO1)N=C1C2C(=O)N(Cc2ccccc2Cl)C(=O)N1C. The Morgan fingerprint density at radius 2 is 2.10 bits per heavy atom. The Morgan fingerprint density at radius 3 is 2.83 bits per heavy atom. The van der Waals surface area contributed by atoms with E-state index in [2.05, 4.69) is 4.57 Å². The van der Waals surface area contributed by atoms with Crippen LogP contribution in [0.25, 0.3) is 0 Å². The second-order valence-electron chi connectivity index (χ2n) is 7.95. The average molecular weight is 429 g/mol. The fourth-order valence-electron chi connectivity index (χ4n) is 4.39. The van der Waals surface area contributed by atoms with Crippen molar-refractivity contribution in [3.05, 3.63) is 46.7 Å². The van der Waals surface area contributed by atoms with E-state index in [1.807, 2.05) is 35.9 Å². The van der Waals surface area contributed by atoms with Crippen LogP contribution in [-0.2, 0) is 22.6 Å². The molecular formula is C21H23ClN5O3+. The quantitative estimate of drug-likeness (QED) is 0.703. The smallest absolute Gasteiger partial charge is 0.375 e. The normalized spacial score (nSPS) is 23.1. The van der Waals surface area contributed by atoms with Crippen LogP contribution in [0.4, 0.5) is 10.7 Å². The van der Waals surface area contributed by atoms with Crippen molar-refractivity contribution in [1.29, 1.82) is 0 Å². The minimum Gasteiger partial charge on any atom is -0.375 e. The molecule has 0 aliphatic carbocycles. The summed E-state index contributed by atoms with van der Waals surface area (Å²) in [5.41, 5.74) is 1.73. The Hall–Kier alpha value is -2.71. The number of carbonyl (C=O) groups is 2.